The summed E-state index contributed by atoms with van der Waals surface area (Å²) in [4.78, 5) is 38.0. The summed E-state index contributed by atoms with van der Waals surface area (Å²) in [6, 6.07) is 4.33. The average Bonchev–Trinajstić information content (AvgIpc) is 3.01. The van der Waals surface area contributed by atoms with Crippen molar-refractivity contribution in [2.45, 2.75) is 77.2 Å². The van der Waals surface area contributed by atoms with Crippen LogP contribution >= 0.6 is 11.6 Å². The van der Waals surface area contributed by atoms with E-state index in [0.717, 1.165) is 54.0 Å². The third-order valence-corrected chi connectivity index (χ3v) is 6.29. The quantitative estimate of drug-likeness (QED) is 0.431. The number of amides is 1. The highest BCUT2D eigenvalue weighted by molar-refractivity contribution is 6.33. The van der Waals surface area contributed by atoms with Gasteiger partial charge in [0.1, 0.15) is 11.9 Å². The SMILES string of the molecule is CC(C)(O)Cn1c(=O)cnn(-c2ccc(Cl)c(C(=O)NC(C)(O)C3CCCCCC3)c2)c1=O. The molecule has 2 aromatic rings. The zero-order valence-electron chi connectivity index (χ0n) is 19.2. The number of hydrogen-bond acceptors (Lipinski definition) is 6. The van der Waals surface area contributed by atoms with Gasteiger partial charge in [0.05, 0.1) is 28.4 Å². The summed E-state index contributed by atoms with van der Waals surface area (Å²) in [6.45, 7) is 4.33. The number of nitrogens with zero attached hydrogens (tertiary/aromatic N) is 3. The van der Waals surface area contributed by atoms with Crippen molar-refractivity contribution in [1.82, 2.24) is 19.7 Å². The minimum absolute atomic E-state index is 0.0667. The zero-order valence-corrected chi connectivity index (χ0v) is 19.9. The summed E-state index contributed by atoms with van der Waals surface area (Å²) in [5.74, 6) is -0.644. The fourth-order valence-electron chi connectivity index (χ4n) is 4.20. The lowest BCUT2D eigenvalue weighted by atomic mass is 9.89. The standard InChI is InChI=1S/C23H31ClN4O5/c1-22(2,32)14-27-19(29)13-25-28(21(27)31)16-10-11-18(24)17(12-16)20(30)26-23(3,33)15-8-6-4-5-7-9-15/h10-13,15,32-33H,4-9,14H2,1-3H3,(H,26,30). The van der Waals surface area contributed by atoms with Crippen LogP contribution in [-0.4, -0.2) is 41.8 Å². The van der Waals surface area contributed by atoms with E-state index in [1.54, 1.807) is 6.92 Å². The molecule has 180 valence electrons. The summed E-state index contributed by atoms with van der Waals surface area (Å²) in [5, 5.41) is 27.8. The lowest BCUT2D eigenvalue weighted by Crippen LogP contribution is -2.51. The molecule has 0 saturated heterocycles. The smallest absolute Gasteiger partial charge is 0.352 e. The lowest BCUT2D eigenvalue weighted by molar-refractivity contribution is -0.0320. The summed E-state index contributed by atoms with van der Waals surface area (Å²) >= 11 is 6.26. The third kappa shape index (κ3) is 6.10. The number of carbonyl (C=O) groups is 1. The fourth-order valence-corrected chi connectivity index (χ4v) is 4.41. The molecule has 1 heterocycles. The lowest BCUT2D eigenvalue weighted by Gasteiger charge is -2.33. The maximum Gasteiger partial charge on any atom is 0.352 e. The van der Waals surface area contributed by atoms with Gasteiger partial charge in [-0.2, -0.15) is 9.78 Å². The first-order chi connectivity index (χ1) is 15.4. The molecule has 1 atom stereocenters. The average molecular weight is 479 g/mol. The van der Waals surface area contributed by atoms with E-state index in [9.17, 15) is 24.6 Å². The topological polar surface area (TPSA) is 126 Å². The van der Waals surface area contributed by atoms with Gasteiger partial charge in [0.15, 0.2) is 0 Å². The van der Waals surface area contributed by atoms with Crippen LogP contribution in [0, 0.1) is 5.92 Å². The number of benzene rings is 1. The van der Waals surface area contributed by atoms with Gasteiger partial charge in [-0.3, -0.25) is 14.2 Å². The fraction of sp³-hybridized carbons (Fsp3) is 0.565. The predicted molar refractivity (Wildman–Crippen MR) is 125 cm³/mol. The van der Waals surface area contributed by atoms with Crippen LogP contribution in [0.5, 0.6) is 0 Å². The van der Waals surface area contributed by atoms with Gasteiger partial charge in [0.25, 0.3) is 11.5 Å². The van der Waals surface area contributed by atoms with Gasteiger partial charge in [-0.25, -0.2) is 4.79 Å². The van der Waals surface area contributed by atoms with Crippen molar-refractivity contribution < 1.29 is 15.0 Å². The number of rotatable bonds is 6. The van der Waals surface area contributed by atoms with E-state index in [4.69, 9.17) is 11.6 Å². The molecule has 1 aliphatic carbocycles. The molecule has 0 aliphatic heterocycles. The van der Waals surface area contributed by atoms with Gasteiger partial charge < -0.3 is 15.5 Å². The number of aliphatic hydroxyl groups is 2. The molecule has 1 aromatic carbocycles. The summed E-state index contributed by atoms with van der Waals surface area (Å²) < 4.78 is 1.84. The minimum Gasteiger partial charge on any atom is -0.389 e. The summed E-state index contributed by atoms with van der Waals surface area (Å²) in [6.07, 6.45) is 6.85. The monoisotopic (exact) mass is 478 g/mol. The second kappa shape index (κ2) is 9.79. The van der Waals surface area contributed by atoms with Crippen LogP contribution in [0.1, 0.15) is 69.7 Å². The normalized spacial score (nSPS) is 17.3. The van der Waals surface area contributed by atoms with Crippen LogP contribution < -0.4 is 16.6 Å². The Labute approximate surface area is 197 Å². The molecule has 1 amide bonds. The van der Waals surface area contributed by atoms with E-state index in [1.807, 2.05) is 0 Å². The molecule has 1 aromatic heterocycles. The molecule has 0 radical (unpaired) electrons. The van der Waals surface area contributed by atoms with Crippen molar-refractivity contribution in [3.8, 4) is 5.69 Å². The molecule has 3 rings (SSSR count). The largest absolute Gasteiger partial charge is 0.389 e. The molecular formula is C23H31ClN4O5. The zero-order chi connectivity index (χ0) is 24.4. The van der Waals surface area contributed by atoms with Gasteiger partial charge in [-0.1, -0.05) is 37.3 Å². The van der Waals surface area contributed by atoms with Crippen LogP contribution in [0.2, 0.25) is 5.02 Å². The van der Waals surface area contributed by atoms with Crippen molar-refractivity contribution in [3.63, 3.8) is 0 Å². The van der Waals surface area contributed by atoms with Crippen molar-refractivity contribution in [2.24, 2.45) is 5.92 Å². The molecule has 1 saturated carbocycles. The molecule has 1 fully saturated rings. The molecule has 33 heavy (non-hydrogen) atoms. The van der Waals surface area contributed by atoms with Crippen molar-refractivity contribution in [2.75, 3.05) is 0 Å². The minimum atomic E-state index is -1.41. The maximum absolute atomic E-state index is 13.0. The molecule has 3 N–H and O–H groups in total. The Morgan fingerprint density at radius 2 is 1.79 bits per heavy atom. The van der Waals surface area contributed by atoms with Gasteiger partial charge >= 0.3 is 5.69 Å². The summed E-state index contributed by atoms with van der Waals surface area (Å²) in [7, 11) is 0. The number of carbonyl (C=O) groups excluding carboxylic acids is 1. The van der Waals surface area contributed by atoms with E-state index in [-0.39, 0.29) is 28.7 Å². The third-order valence-electron chi connectivity index (χ3n) is 5.96. The molecule has 10 heteroatoms. The van der Waals surface area contributed by atoms with E-state index in [2.05, 4.69) is 10.4 Å². The van der Waals surface area contributed by atoms with E-state index >= 15 is 0 Å². The highest BCUT2D eigenvalue weighted by atomic mass is 35.5. The van der Waals surface area contributed by atoms with Gasteiger partial charge in [0, 0.05) is 5.92 Å². The first-order valence-electron chi connectivity index (χ1n) is 11.2. The van der Waals surface area contributed by atoms with Crippen molar-refractivity contribution in [1.29, 1.82) is 0 Å². The number of halogens is 1. The molecule has 0 spiro atoms. The van der Waals surface area contributed by atoms with Crippen LogP contribution in [0.25, 0.3) is 5.69 Å². The highest BCUT2D eigenvalue weighted by Crippen LogP contribution is 2.31. The predicted octanol–water partition coefficient (Wildman–Crippen LogP) is 2.23. The Morgan fingerprint density at radius 3 is 2.39 bits per heavy atom. The van der Waals surface area contributed by atoms with E-state index in [0.29, 0.717) is 0 Å². The molecule has 1 unspecified atom stereocenters. The van der Waals surface area contributed by atoms with E-state index in [1.165, 1.54) is 32.0 Å². The van der Waals surface area contributed by atoms with Crippen molar-refractivity contribution in [3.05, 3.63) is 55.8 Å². The number of nitrogens with one attached hydrogen (secondary N) is 1. The Morgan fingerprint density at radius 1 is 1.15 bits per heavy atom. The summed E-state index contributed by atoms with van der Waals surface area (Å²) in [5.41, 5.74) is -3.83. The molecule has 0 bridgehead atoms. The second-order valence-corrected chi connectivity index (χ2v) is 9.94. The van der Waals surface area contributed by atoms with Crippen molar-refractivity contribution >= 4 is 17.5 Å². The van der Waals surface area contributed by atoms with Crippen LogP contribution in [0.15, 0.2) is 34.0 Å². The first kappa shape index (κ1) is 25.1. The molecular weight excluding hydrogens is 448 g/mol. The number of aromatic nitrogens is 3. The first-order valence-corrected chi connectivity index (χ1v) is 11.5. The maximum atomic E-state index is 13.0. The van der Waals surface area contributed by atoms with Crippen LogP contribution in [0.4, 0.5) is 0 Å². The molecule has 1 aliphatic rings. The van der Waals surface area contributed by atoms with E-state index < -0.39 is 28.5 Å². The Hall–Kier alpha value is -2.49. The van der Waals surface area contributed by atoms with Gasteiger partial charge in [-0.05, 0) is 51.8 Å². The van der Waals surface area contributed by atoms with Crippen LogP contribution in [0.3, 0.4) is 0 Å². The Kier molecular flexibility index (Phi) is 7.45. The highest BCUT2D eigenvalue weighted by Gasteiger charge is 2.34. The Balaban J connectivity index is 1.93. The van der Waals surface area contributed by atoms with Crippen LogP contribution in [-0.2, 0) is 6.54 Å². The second-order valence-electron chi connectivity index (χ2n) is 9.53. The molecule has 9 nitrogen and oxygen atoms in total. The number of hydrogen-bond donors (Lipinski definition) is 3. The van der Waals surface area contributed by atoms with Gasteiger partial charge in [0.2, 0.25) is 0 Å². The Bertz CT molecular complexity index is 1120. The van der Waals surface area contributed by atoms with Gasteiger partial charge in [-0.15, -0.1) is 0 Å².